The number of hydrogen-bond donors (Lipinski definition) is 2. The van der Waals surface area contributed by atoms with Gasteiger partial charge in [-0.1, -0.05) is 86.5 Å². The zero-order valence-electron chi connectivity index (χ0n) is 26.1. The minimum atomic E-state index is -0.911. The predicted octanol–water partition coefficient (Wildman–Crippen LogP) is 10.2. The lowest BCUT2D eigenvalue weighted by Crippen LogP contribution is -2.29. The standard InChI is InChI=1S/C26H22ClF.C10H7NO2.C4H9N/c1-26(2)15-18(23-14-19(27)9-12-24(23)28)13-17-8-10-21-20-6-4-3-5-16(20)7-11-22(21)25(17)26;12-10(13)8-3-4-9-7(6-8)2-1-5-11-9;5-4-2-1-3-4/h3-12,14,18H,13,15H2,1-2H3;1-6H,(H,12,13);4H,1-3,5H2. The highest BCUT2D eigenvalue weighted by molar-refractivity contribution is 6.30. The Kier molecular flexibility index (Phi) is 9.08. The highest BCUT2D eigenvalue weighted by atomic mass is 35.5. The molecule has 1 aromatic heterocycles. The number of aromatic carboxylic acids is 1. The van der Waals surface area contributed by atoms with Crippen molar-refractivity contribution >= 4 is 50.0 Å². The molecule has 0 radical (unpaired) electrons. The zero-order valence-corrected chi connectivity index (χ0v) is 26.9. The summed E-state index contributed by atoms with van der Waals surface area (Å²) in [6.07, 6.45) is 7.33. The third kappa shape index (κ3) is 6.62. The molecule has 0 aliphatic heterocycles. The molecule has 46 heavy (non-hydrogen) atoms. The number of carboxylic acid groups (broad SMARTS) is 1. The van der Waals surface area contributed by atoms with Crippen LogP contribution in [0.15, 0.2) is 103 Å². The summed E-state index contributed by atoms with van der Waals surface area (Å²) in [5.41, 5.74) is 9.91. The summed E-state index contributed by atoms with van der Waals surface area (Å²) in [5, 5.41) is 15.4. The zero-order chi connectivity index (χ0) is 32.4. The van der Waals surface area contributed by atoms with Gasteiger partial charge in [-0.3, -0.25) is 4.98 Å². The Labute approximate surface area is 274 Å². The first-order chi connectivity index (χ1) is 22.1. The molecule has 2 aliphatic rings. The summed E-state index contributed by atoms with van der Waals surface area (Å²) >= 11 is 6.17. The van der Waals surface area contributed by atoms with Gasteiger partial charge < -0.3 is 10.8 Å². The predicted molar refractivity (Wildman–Crippen MR) is 187 cm³/mol. The van der Waals surface area contributed by atoms with Gasteiger partial charge in [0.05, 0.1) is 11.1 Å². The highest BCUT2D eigenvalue weighted by Gasteiger charge is 2.36. The molecule has 0 saturated heterocycles. The fraction of sp³-hybridized carbons (Fsp3) is 0.250. The van der Waals surface area contributed by atoms with E-state index in [0.29, 0.717) is 16.6 Å². The molecule has 1 unspecified atom stereocenters. The van der Waals surface area contributed by atoms with E-state index in [9.17, 15) is 9.18 Å². The Morgan fingerprint density at radius 3 is 2.37 bits per heavy atom. The summed E-state index contributed by atoms with van der Waals surface area (Å²) in [7, 11) is 0. The molecule has 6 aromatic rings. The molecule has 234 valence electrons. The van der Waals surface area contributed by atoms with Crippen LogP contribution in [0.2, 0.25) is 5.02 Å². The molecule has 0 spiro atoms. The number of benzene rings is 5. The number of fused-ring (bicyclic) bond motifs is 6. The van der Waals surface area contributed by atoms with Crippen LogP contribution in [-0.4, -0.2) is 22.1 Å². The van der Waals surface area contributed by atoms with Crippen molar-refractivity contribution in [2.75, 3.05) is 0 Å². The summed E-state index contributed by atoms with van der Waals surface area (Å²) < 4.78 is 14.6. The Bertz CT molecular complexity index is 2050. The van der Waals surface area contributed by atoms with Crippen molar-refractivity contribution in [1.29, 1.82) is 0 Å². The maximum atomic E-state index is 14.6. The van der Waals surface area contributed by atoms with E-state index in [1.807, 2.05) is 6.07 Å². The number of hydrogen-bond acceptors (Lipinski definition) is 3. The molecule has 0 amide bonds. The van der Waals surface area contributed by atoms with E-state index in [0.717, 1.165) is 29.3 Å². The molecule has 6 heteroatoms. The van der Waals surface area contributed by atoms with Crippen LogP contribution in [0.3, 0.4) is 0 Å². The summed E-state index contributed by atoms with van der Waals surface area (Å²) in [4.78, 5) is 14.7. The molecule has 5 aromatic carbocycles. The van der Waals surface area contributed by atoms with Crippen molar-refractivity contribution in [3.63, 3.8) is 0 Å². The molecular weight excluding hydrogens is 595 g/mol. The number of carboxylic acids is 1. The van der Waals surface area contributed by atoms with E-state index in [-0.39, 0.29) is 17.2 Å². The van der Waals surface area contributed by atoms with E-state index in [1.54, 1.807) is 42.6 Å². The van der Waals surface area contributed by atoms with E-state index in [2.05, 4.69) is 67.4 Å². The van der Waals surface area contributed by atoms with Crippen molar-refractivity contribution in [1.82, 2.24) is 4.98 Å². The monoisotopic (exact) mass is 632 g/mol. The average Bonchev–Trinajstić information content (AvgIpc) is 3.04. The van der Waals surface area contributed by atoms with Crippen molar-refractivity contribution in [3.05, 3.63) is 136 Å². The molecule has 1 fully saturated rings. The number of rotatable bonds is 2. The smallest absolute Gasteiger partial charge is 0.335 e. The van der Waals surface area contributed by atoms with Crippen LogP contribution < -0.4 is 5.73 Å². The molecule has 0 bridgehead atoms. The minimum Gasteiger partial charge on any atom is -0.478 e. The fourth-order valence-corrected chi connectivity index (χ4v) is 7.03. The first-order valence-corrected chi connectivity index (χ1v) is 16.2. The number of nitrogens with zero attached hydrogens (tertiary/aromatic N) is 1. The second-order valence-corrected chi connectivity index (χ2v) is 13.5. The number of halogens is 2. The molecule has 1 heterocycles. The molecule has 8 rings (SSSR count). The van der Waals surface area contributed by atoms with E-state index < -0.39 is 5.97 Å². The topological polar surface area (TPSA) is 76.2 Å². The lowest BCUT2D eigenvalue weighted by molar-refractivity contribution is 0.0697. The third-order valence-electron chi connectivity index (χ3n) is 9.31. The molecular formula is C40H38ClFN2O2. The maximum Gasteiger partial charge on any atom is 0.335 e. The number of carbonyl (C=O) groups is 1. The summed E-state index contributed by atoms with van der Waals surface area (Å²) in [6.45, 7) is 4.57. The van der Waals surface area contributed by atoms with Gasteiger partial charge >= 0.3 is 5.97 Å². The van der Waals surface area contributed by atoms with Gasteiger partial charge in [-0.15, -0.1) is 0 Å². The molecule has 1 saturated carbocycles. The lowest BCUT2D eigenvalue weighted by atomic mass is 9.65. The molecule has 4 nitrogen and oxygen atoms in total. The largest absolute Gasteiger partial charge is 0.478 e. The lowest BCUT2D eigenvalue weighted by Gasteiger charge is -2.39. The normalized spacial score (nSPS) is 16.8. The van der Waals surface area contributed by atoms with Crippen LogP contribution in [-0.2, 0) is 11.8 Å². The van der Waals surface area contributed by atoms with Gasteiger partial charge in [0.1, 0.15) is 5.82 Å². The van der Waals surface area contributed by atoms with E-state index >= 15 is 0 Å². The number of aromatic nitrogens is 1. The van der Waals surface area contributed by atoms with Gasteiger partial charge in [-0.2, -0.15) is 0 Å². The van der Waals surface area contributed by atoms with Crippen LogP contribution in [0.1, 0.15) is 72.5 Å². The Morgan fingerprint density at radius 2 is 1.63 bits per heavy atom. The van der Waals surface area contributed by atoms with Gasteiger partial charge in [0.25, 0.3) is 0 Å². The number of pyridine rings is 1. The van der Waals surface area contributed by atoms with Crippen molar-refractivity contribution < 1.29 is 14.3 Å². The first-order valence-electron chi connectivity index (χ1n) is 15.8. The second kappa shape index (κ2) is 13.2. The van der Waals surface area contributed by atoms with Gasteiger partial charge in [0.15, 0.2) is 0 Å². The minimum absolute atomic E-state index is 0.0467. The van der Waals surface area contributed by atoms with Crippen LogP contribution >= 0.6 is 11.6 Å². The Morgan fingerprint density at radius 1 is 0.891 bits per heavy atom. The quantitative estimate of drug-likeness (QED) is 0.186. The first kappa shape index (κ1) is 31.7. The van der Waals surface area contributed by atoms with Crippen molar-refractivity contribution in [3.8, 4) is 0 Å². The van der Waals surface area contributed by atoms with Gasteiger partial charge in [0, 0.05) is 22.6 Å². The summed E-state index contributed by atoms with van der Waals surface area (Å²) in [5.74, 6) is -0.926. The van der Waals surface area contributed by atoms with Gasteiger partial charge in [0.2, 0.25) is 0 Å². The number of nitrogens with two attached hydrogens (primary N) is 1. The van der Waals surface area contributed by atoms with Crippen LogP contribution in [0, 0.1) is 5.82 Å². The summed E-state index contributed by atoms with van der Waals surface area (Å²) in [6, 6.07) is 31.5. The molecule has 2 aliphatic carbocycles. The molecule has 1 atom stereocenters. The van der Waals surface area contributed by atoms with Crippen LogP contribution in [0.4, 0.5) is 4.39 Å². The van der Waals surface area contributed by atoms with E-state index in [1.165, 1.54) is 58.0 Å². The van der Waals surface area contributed by atoms with Crippen LogP contribution in [0.25, 0.3) is 32.4 Å². The molecule has 3 N–H and O–H groups in total. The fourth-order valence-electron chi connectivity index (χ4n) is 6.85. The Hall–Kier alpha value is -4.32. The third-order valence-corrected chi connectivity index (χ3v) is 9.54. The maximum absolute atomic E-state index is 14.6. The van der Waals surface area contributed by atoms with Gasteiger partial charge in [-0.25, -0.2) is 9.18 Å². The van der Waals surface area contributed by atoms with Crippen molar-refractivity contribution in [2.24, 2.45) is 5.73 Å². The highest BCUT2D eigenvalue weighted by Crippen LogP contribution is 2.47. The SMILES string of the molecule is CC1(C)CC(c2cc(Cl)ccc2F)Cc2ccc3c(ccc4ccccc43)c21.NC1CCC1.O=C(O)c1ccc2ncccc2c1. The van der Waals surface area contributed by atoms with Gasteiger partial charge in [-0.05, 0) is 118 Å². The van der Waals surface area contributed by atoms with Crippen LogP contribution in [0.5, 0.6) is 0 Å². The van der Waals surface area contributed by atoms with E-state index in [4.69, 9.17) is 22.4 Å². The van der Waals surface area contributed by atoms with Crippen molar-refractivity contribution in [2.45, 2.75) is 63.3 Å². The Balaban J connectivity index is 0.000000169. The average molecular weight is 633 g/mol. The second-order valence-electron chi connectivity index (χ2n) is 13.0.